The van der Waals surface area contributed by atoms with Crippen molar-refractivity contribution < 1.29 is 23.0 Å². The van der Waals surface area contributed by atoms with Crippen molar-refractivity contribution in [1.82, 2.24) is 25.3 Å². The van der Waals surface area contributed by atoms with Gasteiger partial charge >= 0.3 is 0 Å². The fourth-order valence-corrected chi connectivity index (χ4v) is 3.98. The number of carbonyl (C=O) groups is 1. The molecule has 1 unspecified atom stereocenters. The molecule has 0 fully saturated rings. The van der Waals surface area contributed by atoms with Gasteiger partial charge in [-0.1, -0.05) is 24.3 Å². The molecule has 3 aromatic rings. The van der Waals surface area contributed by atoms with Gasteiger partial charge in [0.2, 0.25) is 5.91 Å². The molecule has 1 amide bonds. The number of hydrogen-bond donors (Lipinski definition) is 2. The summed E-state index contributed by atoms with van der Waals surface area (Å²) in [4.78, 5) is 29.0. The fourth-order valence-electron chi connectivity index (χ4n) is 3.98. The number of methoxy groups -OCH3 is 2. The van der Waals surface area contributed by atoms with Crippen LogP contribution in [0.5, 0.6) is 5.75 Å². The summed E-state index contributed by atoms with van der Waals surface area (Å²) >= 11 is 0. The predicted molar refractivity (Wildman–Crippen MR) is 131 cm³/mol. The third-order valence-electron chi connectivity index (χ3n) is 5.90. The highest BCUT2D eigenvalue weighted by atomic mass is 19.1. The van der Waals surface area contributed by atoms with Crippen molar-refractivity contribution in [3.63, 3.8) is 0 Å². The average molecular weight is 512 g/mol. The molecular formula is C26H27F2N5O4. The van der Waals surface area contributed by atoms with E-state index in [9.17, 15) is 18.4 Å². The lowest BCUT2D eigenvalue weighted by atomic mass is 10.0. The molecule has 4 rings (SSSR count). The summed E-state index contributed by atoms with van der Waals surface area (Å²) in [5, 5.41) is 4.46. The van der Waals surface area contributed by atoms with Crippen molar-refractivity contribution in [1.29, 1.82) is 0 Å². The van der Waals surface area contributed by atoms with E-state index in [2.05, 4.69) is 15.7 Å². The quantitative estimate of drug-likeness (QED) is 0.430. The molecule has 0 radical (unpaired) electrons. The van der Waals surface area contributed by atoms with Crippen LogP contribution in [-0.2, 0) is 29.2 Å². The van der Waals surface area contributed by atoms with Crippen LogP contribution >= 0.6 is 0 Å². The number of nitrogens with zero attached hydrogens (tertiary/aromatic N) is 3. The van der Waals surface area contributed by atoms with Gasteiger partial charge in [-0.3, -0.25) is 14.6 Å². The highest BCUT2D eigenvalue weighted by molar-refractivity contribution is 5.89. The van der Waals surface area contributed by atoms with Crippen molar-refractivity contribution in [2.24, 2.45) is 0 Å². The topological polar surface area (TPSA) is 97.7 Å². The van der Waals surface area contributed by atoms with Crippen LogP contribution in [0.15, 0.2) is 71.9 Å². The first kappa shape index (κ1) is 26.0. The summed E-state index contributed by atoms with van der Waals surface area (Å²) in [7, 11) is 2.84. The molecule has 0 aliphatic carbocycles. The minimum atomic E-state index is -1.19. The third-order valence-corrected chi connectivity index (χ3v) is 5.90. The second-order valence-corrected chi connectivity index (χ2v) is 8.55. The molecule has 2 N–H and O–H groups in total. The Balaban J connectivity index is 1.38. The highest BCUT2D eigenvalue weighted by Crippen LogP contribution is 2.21. The standard InChI is InChI=1S/C26H27F2N5O4/c1-36-17-26(25(35)30-13-21-24(28)22(37-2)9-11-29-21)10-12-33(31-26)15-19-5-3-18(4-6-19)14-32-16-20(27)7-8-23(32)34/h3-12,16,31H,13-15,17H2,1-2H3,(H,30,35). The molecule has 0 bridgehead atoms. The zero-order chi connectivity index (χ0) is 26.4. The molecule has 11 heteroatoms. The SMILES string of the molecule is COCC1(C(=O)NCc2nccc(OC)c2F)C=CN(Cc2ccc(Cn3cc(F)ccc3=O)cc2)N1. The van der Waals surface area contributed by atoms with Crippen LogP contribution in [0.1, 0.15) is 16.8 Å². The molecule has 1 aliphatic heterocycles. The molecule has 3 heterocycles. The third kappa shape index (κ3) is 6.01. The van der Waals surface area contributed by atoms with Crippen LogP contribution in [0.25, 0.3) is 0 Å². The average Bonchev–Trinajstić information content (AvgIpc) is 3.30. The summed E-state index contributed by atoms with van der Waals surface area (Å²) in [6.07, 6.45) is 6.01. The Kier molecular flexibility index (Phi) is 7.95. The summed E-state index contributed by atoms with van der Waals surface area (Å²) in [5.74, 6) is -1.47. The number of ether oxygens (including phenoxy) is 2. The largest absolute Gasteiger partial charge is 0.494 e. The first-order valence-electron chi connectivity index (χ1n) is 11.5. The number of halogens is 2. The lowest BCUT2D eigenvalue weighted by Crippen LogP contribution is -2.59. The molecular weight excluding hydrogens is 484 g/mol. The molecule has 1 atom stereocenters. The molecule has 0 spiro atoms. The maximum absolute atomic E-state index is 14.4. The van der Waals surface area contributed by atoms with E-state index in [1.807, 2.05) is 24.3 Å². The van der Waals surface area contributed by atoms with Gasteiger partial charge in [-0.25, -0.2) is 14.2 Å². The van der Waals surface area contributed by atoms with Crippen LogP contribution in [-0.4, -0.2) is 46.8 Å². The number of carbonyl (C=O) groups excluding carboxylic acids is 1. The number of nitrogens with one attached hydrogen (secondary N) is 2. The van der Waals surface area contributed by atoms with E-state index in [0.717, 1.165) is 17.2 Å². The van der Waals surface area contributed by atoms with E-state index in [1.165, 1.54) is 43.3 Å². The normalized spacial score (nSPS) is 16.7. The number of hydrazine groups is 1. The zero-order valence-electron chi connectivity index (χ0n) is 20.4. The van der Waals surface area contributed by atoms with Crippen LogP contribution < -0.4 is 21.0 Å². The summed E-state index contributed by atoms with van der Waals surface area (Å²) in [6.45, 7) is 0.597. The lowest BCUT2D eigenvalue weighted by Gasteiger charge is -2.29. The van der Waals surface area contributed by atoms with Gasteiger partial charge in [0.05, 0.1) is 39.0 Å². The van der Waals surface area contributed by atoms with E-state index in [-0.39, 0.29) is 36.7 Å². The Labute approximate surface area is 212 Å². The van der Waals surface area contributed by atoms with E-state index >= 15 is 0 Å². The molecule has 0 saturated carbocycles. The van der Waals surface area contributed by atoms with Gasteiger partial charge in [0, 0.05) is 37.8 Å². The maximum Gasteiger partial charge on any atom is 0.251 e. The van der Waals surface area contributed by atoms with E-state index < -0.39 is 23.1 Å². The van der Waals surface area contributed by atoms with Gasteiger partial charge in [0.15, 0.2) is 17.1 Å². The molecule has 0 saturated heterocycles. The van der Waals surface area contributed by atoms with E-state index in [0.29, 0.717) is 6.54 Å². The van der Waals surface area contributed by atoms with Crippen molar-refractivity contribution >= 4 is 5.91 Å². The molecule has 9 nitrogen and oxygen atoms in total. The van der Waals surface area contributed by atoms with Gasteiger partial charge in [0.1, 0.15) is 5.82 Å². The van der Waals surface area contributed by atoms with Gasteiger partial charge in [-0.05, 0) is 23.3 Å². The van der Waals surface area contributed by atoms with E-state index in [4.69, 9.17) is 9.47 Å². The number of pyridine rings is 2. The van der Waals surface area contributed by atoms with Crippen molar-refractivity contribution in [2.75, 3.05) is 20.8 Å². The Morgan fingerprint density at radius 3 is 2.51 bits per heavy atom. The van der Waals surface area contributed by atoms with E-state index in [1.54, 1.807) is 17.3 Å². The second kappa shape index (κ2) is 11.3. The number of rotatable bonds is 10. The number of benzene rings is 1. The van der Waals surface area contributed by atoms with Gasteiger partial charge in [-0.15, -0.1) is 0 Å². The molecule has 1 aliphatic rings. The van der Waals surface area contributed by atoms with Crippen molar-refractivity contribution in [3.05, 3.63) is 106 Å². The molecule has 37 heavy (non-hydrogen) atoms. The smallest absolute Gasteiger partial charge is 0.251 e. The Morgan fingerprint density at radius 1 is 1.08 bits per heavy atom. The summed E-state index contributed by atoms with van der Waals surface area (Å²) in [6, 6.07) is 11.2. The molecule has 2 aromatic heterocycles. The fraction of sp³-hybridized carbons (Fsp3) is 0.269. The minimum absolute atomic E-state index is 0.0428. The first-order valence-corrected chi connectivity index (χ1v) is 11.5. The van der Waals surface area contributed by atoms with Crippen LogP contribution in [0.4, 0.5) is 8.78 Å². The minimum Gasteiger partial charge on any atom is -0.494 e. The van der Waals surface area contributed by atoms with Crippen molar-refractivity contribution in [3.8, 4) is 5.75 Å². The zero-order valence-corrected chi connectivity index (χ0v) is 20.4. The first-order chi connectivity index (χ1) is 17.8. The molecule has 1 aromatic carbocycles. The highest BCUT2D eigenvalue weighted by Gasteiger charge is 2.41. The Morgan fingerprint density at radius 2 is 1.81 bits per heavy atom. The number of aromatic nitrogens is 2. The van der Waals surface area contributed by atoms with Gasteiger partial charge in [0.25, 0.3) is 5.56 Å². The number of hydrogen-bond acceptors (Lipinski definition) is 7. The Bertz CT molecular complexity index is 1350. The van der Waals surface area contributed by atoms with Gasteiger partial charge in [-0.2, -0.15) is 0 Å². The van der Waals surface area contributed by atoms with Gasteiger partial charge < -0.3 is 24.4 Å². The van der Waals surface area contributed by atoms with Crippen LogP contribution in [0.3, 0.4) is 0 Å². The van der Waals surface area contributed by atoms with Crippen LogP contribution in [0, 0.1) is 11.6 Å². The maximum atomic E-state index is 14.4. The lowest BCUT2D eigenvalue weighted by molar-refractivity contribution is -0.129. The van der Waals surface area contributed by atoms with Crippen LogP contribution in [0.2, 0.25) is 0 Å². The second-order valence-electron chi connectivity index (χ2n) is 8.55. The Hall–Kier alpha value is -4.09. The van der Waals surface area contributed by atoms with Crippen molar-refractivity contribution in [2.45, 2.75) is 25.2 Å². The number of amides is 1. The molecule has 194 valence electrons. The summed E-state index contributed by atoms with van der Waals surface area (Å²) in [5.41, 5.74) is 3.51. The summed E-state index contributed by atoms with van der Waals surface area (Å²) < 4.78 is 39.4. The monoisotopic (exact) mass is 511 g/mol. The predicted octanol–water partition coefficient (Wildman–Crippen LogP) is 2.11.